The summed E-state index contributed by atoms with van der Waals surface area (Å²) >= 11 is 6.29. The Hall–Kier alpha value is -2.07. The van der Waals surface area contributed by atoms with Crippen molar-refractivity contribution in [2.45, 2.75) is 13.3 Å². The van der Waals surface area contributed by atoms with E-state index in [1.807, 2.05) is 32.2 Å². The minimum absolute atomic E-state index is 0.563. The van der Waals surface area contributed by atoms with Gasteiger partial charge in [-0.25, -0.2) is 4.98 Å². The second-order valence-electron chi connectivity index (χ2n) is 4.67. The molecule has 2 heterocycles. The number of halogens is 1. The van der Waals surface area contributed by atoms with E-state index >= 15 is 0 Å². The predicted octanol–water partition coefficient (Wildman–Crippen LogP) is 3.63. The molecule has 0 aliphatic heterocycles. The van der Waals surface area contributed by atoms with Crippen LogP contribution in [0.1, 0.15) is 17.0 Å². The van der Waals surface area contributed by atoms with Crippen molar-refractivity contribution in [3.63, 3.8) is 0 Å². The highest BCUT2D eigenvalue weighted by atomic mass is 35.5. The molecule has 0 amide bonds. The molecule has 0 aliphatic carbocycles. The summed E-state index contributed by atoms with van der Waals surface area (Å²) in [4.78, 5) is 4.32. The van der Waals surface area contributed by atoms with Gasteiger partial charge in [0.05, 0.1) is 17.0 Å². The number of hydrogen-bond donors (Lipinski definition) is 0. The van der Waals surface area contributed by atoms with Gasteiger partial charge < -0.3 is 4.42 Å². The molecular formula is C15H14ClN3O. The summed E-state index contributed by atoms with van der Waals surface area (Å²) in [7, 11) is 1.81. The highest BCUT2D eigenvalue weighted by Gasteiger charge is 2.20. The van der Waals surface area contributed by atoms with E-state index in [2.05, 4.69) is 22.2 Å². The molecule has 0 aliphatic rings. The number of benzene rings is 1. The van der Waals surface area contributed by atoms with Gasteiger partial charge in [-0.1, -0.05) is 41.9 Å². The lowest BCUT2D eigenvalue weighted by Gasteiger charge is -2.02. The highest BCUT2D eigenvalue weighted by Crippen LogP contribution is 2.33. The summed E-state index contributed by atoms with van der Waals surface area (Å²) in [5.41, 5.74) is 3.70. The lowest BCUT2D eigenvalue weighted by atomic mass is 10.1. The average Bonchev–Trinajstić information content (AvgIpc) is 2.97. The fraction of sp³-hybridized carbons (Fsp3) is 0.200. The summed E-state index contributed by atoms with van der Waals surface area (Å²) in [5.74, 6) is 0.699. The molecule has 2 aromatic heterocycles. The average molecular weight is 288 g/mol. The number of aromatic nitrogens is 3. The molecule has 0 fully saturated rings. The van der Waals surface area contributed by atoms with Gasteiger partial charge in [-0.3, -0.25) is 4.68 Å². The summed E-state index contributed by atoms with van der Waals surface area (Å²) < 4.78 is 7.19. The second kappa shape index (κ2) is 5.13. The van der Waals surface area contributed by atoms with E-state index in [-0.39, 0.29) is 0 Å². The lowest BCUT2D eigenvalue weighted by Crippen LogP contribution is -1.92. The molecule has 0 radical (unpaired) electrons. The first-order valence-corrected chi connectivity index (χ1v) is 6.70. The van der Waals surface area contributed by atoms with E-state index in [0.29, 0.717) is 17.3 Å². The minimum Gasteiger partial charge on any atom is -0.443 e. The Kier molecular flexibility index (Phi) is 3.32. The maximum atomic E-state index is 6.29. The summed E-state index contributed by atoms with van der Waals surface area (Å²) in [6.07, 6.45) is 2.16. The molecule has 0 bridgehead atoms. The highest BCUT2D eigenvalue weighted by molar-refractivity contribution is 6.32. The molecule has 4 nitrogen and oxygen atoms in total. The molecule has 0 saturated carbocycles. The topological polar surface area (TPSA) is 43.9 Å². The Morgan fingerprint density at radius 2 is 2.00 bits per heavy atom. The second-order valence-corrected chi connectivity index (χ2v) is 5.02. The van der Waals surface area contributed by atoms with Crippen LogP contribution in [0.5, 0.6) is 0 Å². The first kappa shape index (κ1) is 12.9. The molecule has 102 valence electrons. The molecule has 3 aromatic rings. The van der Waals surface area contributed by atoms with Gasteiger partial charge >= 0.3 is 0 Å². The van der Waals surface area contributed by atoms with Crippen molar-refractivity contribution in [2.75, 3.05) is 0 Å². The van der Waals surface area contributed by atoms with E-state index < -0.39 is 0 Å². The van der Waals surface area contributed by atoms with Gasteiger partial charge in [0.1, 0.15) is 5.15 Å². The van der Waals surface area contributed by atoms with Gasteiger partial charge in [0.2, 0.25) is 0 Å². The number of oxazole rings is 1. The van der Waals surface area contributed by atoms with Gasteiger partial charge in [0.15, 0.2) is 12.2 Å². The Morgan fingerprint density at radius 3 is 2.65 bits per heavy atom. The van der Waals surface area contributed by atoms with Crippen molar-refractivity contribution in [3.8, 4) is 11.3 Å². The van der Waals surface area contributed by atoms with E-state index in [9.17, 15) is 0 Å². The third-order valence-corrected chi connectivity index (χ3v) is 3.67. The molecule has 1 aromatic carbocycles. The lowest BCUT2D eigenvalue weighted by molar-refractivity contribution is 0.570. The Bertz CT molecular complexity index is 731. The van der Waals surface area contributed by atoms with Crippen LogP contribution in [-0.2, 0) is 13.5 Å². The van der Waals surface area contributed by atoms with Crippen LogP contribution >= 0.6 is 11.6 Å². The van der Waals surface area contributed by atoms with Crippen LogP contribution < -0.4 is 0 Å². The molecule has 0 saturated heterocycles. The van der Waals surface area contributed by atoms with Crippen molar-refractivity contribution in [1.82, 2.24) is 14.8 Å². The Labute approximate surface area is 122 Å². The smallest absolute Gasteiger partial charge is 0.181 e. The largest absolute Gasteiger partial charge is 0.443 e. The van der Waals surface area contributed by atoms with Crippen LogP contribution in [0, 0.1) is 6.92 Å². The summed E-state index contributed by atoms with van der Waals surface area (Å²) in [6.45, 7) is 1.91. The van der Waals surface area contributed by atoms with Crippen molar-refractivity contribution in [1.29, 1.82) is 0 Å². The molecule has 0 spiro atoms. The molecule has 0 N–H and O–H groups in total. The van der Waals surface area contributed by atoms with Crippen LogP contribution in [0.3, 0.4) is 0 Å². The fourth-order valence-electron chi connectivity index (χ4n) is 2.28. The number of hydrogen-bond acceptors (Lipinski definition) is 3. The zero-order chi connectivity index (χ0) is 14.1. The third-order valence-electron chi connectivity index (χ3n) is 3.23. The molecule has 3 rings (SSSR count). The molecular weight excluding hydrogens is 274 g/mol. The van der Waals surface area contributed by atoms with E-state index in [0.717, 1.165) is 17.0 Å². The normalized spacial score (nSPS) is 10.9. The minimum atomic E-state index is 0.563. The van der Waals surface area contributed by atoms with Gasteiger partial charge in [0, 0.05) is 13.5 Å². The zero-order valence-electron chi connectivity index (χ0n) is 11.3. The monoisotopic (exact) mass is 287 g/mol. The molecule has 20 heavy (non-hydrogen) atoms. The number of nitrogens with zero attached hydrogens (tertiary/aromatic N) is 3. The molecule has 5 heteroatoms. The quantitative estimate of drug-likeness (QED) is 0.739. The van der Waals surface area contributed by atoms with Gasteiger partial charge in [-0.15, -0.1) is 0 Å². The van der Waals surface area contributed by atoms with Crippen molar-refractivity contribution in [2.24, 2.45) is 7.05 Å². The fourth-order valence-corrected chi connectivity index (χ4v) is 2.54. The van der Waals surface area contributed by atoms with Crippen LogP contribution in [0.25, 0.3) is 11.3 Å². The third kappa shape index (κ3) is 2.23. The predicted molar refractivity (Wildman–Crippen MR) is 77.7 cm³/mol. The van der Waals surface area contributed by atoms with E-state index in [1.165, 1.54) is 12.0 Å². The van der Waals surface area contributed by atoms with Gasteiger partial charge in [-0.2, -0.15) is 5.10 Å². The number of rotatable bonds is 3. The Morgan fingerprint density at radius 1 is 1.25 bits per heavy atom. The Balaban J connectivity index is 2.02. The molecule has 0 unspecified atom stereocenters. The van der Waals surface area contributed by atoms with Crippen molar-refractivity contribution < 1.29 is 4.42 Å². The SMILES string of the molecule is Cc1nn(C)c(Cl)c1-c1ocnc1Cc1ccccc1. The first-order valence-electron chi connectivity index (χ1n) is 6.32. The van der Waals surface area contributed by atoms with E-state index in [1.54, 1.807) is 4.68 Å². The van der Waals surface area contributed by atoms with Crippen molar-refractivity contribution >= 4 is 11.6 Å². The number of aryl methyl sites for hydroxylation is 2. The maximum Gasteiger partial charge on any atom is 0.181 e. The zero-order valence-corrected chi connectivity index (χ0v) is 12.1. The van der Waals surface area contributed by atoms with E-state index in [4.69, 9.17) is 16.0 Å². The van der Waals surface area contributed by atoms with Crippen LogP contribution in [0.15, 0.2) is 41.1 Å². The van der Waals surface area contributed by atoms with Gasteiger partial charge in [0.25, 0.3) is 0 Å². The van der Waals surface area contributed by atoms with Gasteiger partial charge in [-0.05, 0) is 12.5 Å². The summed E-state index contributed by atoms with van der Waals surface area (Å²) in [6, 6.07) is 10.1. The van der Waals surface area contributed by atoms with Crippen molar-refractivity contribution in [3.05, 3.63) is 58.8 Å². The van der Waals surface area contributed by atoms with Crippen LogP contribution in [0.2, 0.25) is 5.15 Å². The standard InChI is InChI=1S/C15H14ClN3O/c1-10-13(15(16)19(2)18-10)14-12(17-9-20-14)8-11-6-4-3-5-7-11/h3-7,9H,8H2,1-2H3. The van der Waals surface area contributed by atoms with Crippen LogP contribution in [-0.4, -0.2) is 14.8 Å². The molecule has 0 atom stereocenters. The first-order chi connectivity index (χ1) is 9.66. The summed E-state index contributed by atoms with van der Waals surface area (Å²) in [5, 5.41) is 4.88. The maximum absolute atomic E-state index is 6.29. The van der Waals surface area contributed by atoms with Crippen LogP contribution in [0.4, 0.5) is 0 Å².